The van der Waals surface area contributed by atoms with Crippen LogP contribution in [0.2, 0.25) is 0 Å². The normalized spacial score (nSPS) is 21.1. The summed E-state index contributed by atoms with van der Waals surface area (Å²) in [6.45, 7) is 9.65. The summed E-state index contributed by atoms with van der Waals surface area (Å²) < 4.78 is 5.80. The summed E-state index contributed by atoms with van der Waals surface area (Å²) in [5, 5.41) is 0. The first-order chi connectivity index (χ1) is 9.47. The van der Waals surface area contributed by atoms with Crippen LogP contribution in [0.4, 0.5) is 11.4 Å². The number of rotatable bonds is 3. The monoisotopic (exact) mass is 277 g/mol. The average molecular weight is 277 g/mol. The average Bonchev–Trinajstić information content (AvgIpc) is 2.52. The van der Waals surface area contributed by atoms with Crippen molar-refractivity contribution in [2.75, 3.05) is 37.3 Å². The van der Waals surface area contributed by atoms with Crippen LogP contribution in [-0.2, 0) is 0 Å². The molecule has 1 fully saturated rings. The summed E-state index contributed by atoms with van der Waals surface area (Å²) >= 11 is 0. The van der Waals surface area contributed by atoms with E-state index in [4.69, 9.17) is 10.5 Å². The summed E-state index contributed by atoms with van der Waals surface area (Å²) in [6, 6.07) is 6.63. The molecule has 2 rings (SSSR count). The van der Waals surface area contributed by atoms with Crippen LogP contribution in [-0.4, -0.2) is 43.7 Å². The Morgan fingerprint density at radius 1 is 1.30 bits per heavy atom. The molecule has 0 bridgehead atoms. The van der Waals surface area contributed by atoms with Crippen LogP contribution < -0.4 is 15.4 Å². The predicted octanol–water partition coefficient (Wildman–Crippen LogP) is 2.59. The van der Waals surface area contributed by atoms with E-state index in [1.54, 1.807) is 0 Å². The first-order valence-corrected chi connectivity index (χ1v) is 7.48. The van der Waals surface area contributed by atoms with Gasteiger partial charge in [-0.2, -0.15) is 0 Å². The van der Waals surface area contributed by atoms with Gasteiger partial charge in [-0.1, -0.05) is 0 Å². The molecule has 4 nitrogen and oxygen atoms in total. The number of hydrogen-bond donors (Lipinski definition) is 1. The lowest BCUT2D eigenvalue weighted by atomic mass is 10.2. The van der Waals surface area contributed by atoms with Gasteiger partial charge in [0, 0.05) is 30.9 Å². The van der Waals surface area contributed by atoms with Crippen molar-refractivity contribution in [3.63, 3.8) is 0 Å². The highest BCUT2D eigenvalue weighted by Gasteiger charge is 2.20. The second-order valence-electron chi connectivity index (χ2n) is 6.05. The molecular formula is C16H27N3O. The van der Waals surface area contributed by atoms with E-state index >= 15 is 0 Å². The molecule has 4 heteroatoms. The molecule has 1 aliphatic rings. The van der Waals surface area contributed by atoms with Gasteiger partial charge in [-0.05, 0) is 52.9 Å². The Morgan fingerprint density at radius 3 is 2.75 bits per heavy atom. The van der Waals surface area contributed by atoms with Crippen molar-refractivity contribution < 1.29 is 4.74 Å². The summed E-state index contributed by atoms with van der Waals surface area (Å²) in [7, 11) is 2.19. The van der Waals surface area contributed by atoms with Gasteiger partial charge in [-0.25, -0.2) is 0 Å². The van der Waals surface area contributed by atoms with Crippen molar-refractivity contribution in [1.29, 1.82) is 0 Å². The van der Waals surface area contributed by atoms with E-state index in [2.05, 4.69) is 35.9 Å². The zero-order valence-electron chi connectivity index (χ0n) is 13.1. The molecule has 2 N–H and O–H groups in total. The van der Waals surface area contributed by atoms with Crippen molar-refractivity contribution in [2.24, 2.45) is 0 Å². The Hall–Kier alpha value is -1.42. The fraction of sp³-hybridized carbons (Fsp3) is 0.625. The Bertz CT molecular complexity index is 447. The Kier molecular flexibility index (Phi) is 4.76. The SMILES string of the molecule is CC(C)Oc1cc(N2CCCN(C)CC2C)ccc1N. The number of nitrogens with two attached hydrogens (primary N) is 1. The molecule has 1 saturated heterocycles. The molecule has 20 heavy (non-hydrogen) atoms. The topological polar surface area (TPSA) is 41.7 Å². The first kappa shape index (κ1) is 15.0. The van der Waals surface area contributed by atoms with Crippen LogP contribution in [0.3, 0.4) is 0 Å². The third kappa shape index (κ3) is 3.57. The third-order valence-corrected chi connectivity index (χ3v) is 3.74. The van der Waals surface area contributed by atoms with Crippen LogP contribution in [0, 0.1) is 0 Å². The van der Waals surface area contributed by atoms with Crippen molar-refractivity contribution in [3.05, 3.63) is 18.2 Å². The van der Waals surface area contributed by atoms with Crippen LogP contribution in [0.15, 0.2) is 18.2 Å². The van der Waals surface area contributed by atoms with Crippen LogP contribution in [0.5, 0.6) is 5.75 Å². The summed E-state index contributed by atoms with van der Waals surface area (Å²) in [4.78, 5) is 4.85. The predicted molar refractivity (Wildman–Crippen MR) is 85.5 cm³/mol. The lowest BCUT2D eigenvalue weighted by Gasteiger charge is -2.30. The fourth-order valence-corrected chi connectivity index (χ4v) is 2.81. The van der Waals surface area contributed by atoms with E-state index in [1.807, 2.05) is 19.9 Å². The van der Waals surface area contributed by atoms with Gasteiger partial charge in [0.15, 0.2) is 0 Å². The zero-order valence-corrected chi connectivity index (χ0v) is 13.1. The molecule has 0 amide bonds. The molecule has 1 atom stereocenters. The lowest BCUT2D eigenvalue weighted by Crippen LogP contribution is -2.37. The Morgan fingerprint density at radius 2 is 2.05 bits per heavy atom. The minimum Gasteiger partial charge on any atom is -0.489 e. The van der Waals surface area contributed by atoms with Crippen molar-refractivity contribution in [2.45, 2.75) is 39.3 Å². The van der Waals surface area contributed by atoms with Gasteiger partial charge in [-0.3, -0.25) is 0 Å². The molecule has 0 aliphatic carbocycles. The number of anilines is 2. The van der Waals surface area contributed by atoms with Gasteiger partial charge in [0.1, 0.15) is 5.75 Å². The van der Waals surface area contributed by atoms with Gasteiger partial charge in [0.25, 0.3) is 0 Å². The van der Waals surface area contributed by atoms with E-state index in [9.17, 15) is 0 Å². The number of likely N-dealkylation sites (N-methyl/N-ethyl adjacent to an activating group) is 1. The van der Waals surface area contributed by atoms with E-state index in [1.165, 1.54) is 12.1 Å². The van der Waals surface area contributed by atoms with Gasteiger partial charge >= 0.3 is 0 Å². The van der Waals surface area contributed by atoms with E-state index in [0.29, 0.717) is 11.7 Å². The second-order valence-corrected chi connectivity index (χ2v) is 6.05. The van der Waals surface area contributed by atoms with Crippen LogP contribution in [0.1, 0.15) is 27.2 Å². The van der Waals surface area contributed by atoms with Gasteiger partial charge in [-0.15, -0.1) is 0 Å². The highest BCUT2D eigenvalue weighted by molar-refractivity contribution is 5.62. The van der Waals surface area contributed by atoms with Crippen molar-refractivity contribution >= 4 is 11.4 Å². The first-order valence-electron chi connectivity index (χ1n) is 7.48. The maximum atomic E-state index is 6.00. The molecular weight excluding hydrogens is 250 g/mol. The molecule has 0 radical (unpaired) electrons. The molecule has 1 unspecified atom stereocenters. The minimum absolute atomic E-state index is 0.139. The van der Waals surface area contributed by atoms with E-state index < -0.39 is 0 Å². The molecule has 1 aromatic rings. The molecule has 0 saturated carbocycles. The minimum atomic E-state index is 0.139. The number of ether oxygens (including phenoxy) is 1. The standard InChI is InChI=1S/C16H27N3O/c1-12(2)20-16-10-14(6-7-15(16)17)19-9-5-8-18(4)11-13(19)3/h6-7,10,12-13H,5,8-9,11,17H2,1-4H3. The third-order valence-electron chi connectivity index (χ3n) is 3.74. The lowest BCUT2D eigenvalue weighted by molar-refractivity contribution is 0.244. The second kappa shape index (κ2) is 6.35. The molecule has 112 valence electrons. The summed E-state index contributed by atoms with van der Waals surface area (Å²) in [5.74, 6) is 0.794. The molecule has 0 spiro atoms. The maximum absolute atomic E-state index is 6.00. The van der Waals surface area contributed by atoms with Crippen molar-refractivity contribution in [1.82, 2.24) is 4.90 Å². The van der Waals surface area contributed by atoms with Crippen LogP contribution in [0.25, 0.3) is 0 Å². The highest BCUT2D eigenvalue weighted by Crippen LogP contribution is 2.30. The Labute approximate surface area is 122 Å². The molecule has 1 aliphatic heterocycles. The molecule has 1 aromatic carbocycles. The maximum Gasteiger partial charge on any atom is 0.144 e. The van der Waals surface area contributed by atoms with Crippen molar-refractivity contribution in [3.8, 4) is 5.75 Å². The fourth-order valence-electron chi connectivity index (χ4n) is 2.81. The smallest absolute Gasteiger partial charge is 0.144 e. The van der Waals surface area contributed by atoms with Crippen LogP contribution >= 0.6 is 0 Å². The van der Waals surface area contributed by atoms with Gasteiger partial charge < -0.3 is 20.3 Å². The Balaban J connectivity index is 2.22. The quantitative estimate of drug-likeness (QED) is 0.862. The number of benzene rings is 1. The van der Waals surface area contributed by atoms with E-state index in [0.717, 1.165) is 25.4 Å². The van der Waals surface area contributed by atoms with Gasteiger partial charge in [0.2, 0.25) is 0 Å². The molecule has 0 aromatic heterocycles. The zero-order chi connectivity index (χ0) is 14.7. The highest BCUT2D eigenvalue weighted by atomic mass is 16.5. The number of hydrogen-bond acceptors (Lipinski definition) is 4. The van der Waals surface area contributed by atoms with Gasteiger partial charge in [0.05, 0.1) is 11.8 Å². The summed E-state index contributed by atoms with van der Waals surface area (Å²) in [6.07, 6.45) is 1.33. The molecule has 1 heterocycles. The summed E-state index contributed by atoms with van der Waals surface area (Å²) in [5.41, 5.74) is 7.92. The number of nitrogen functional groups attached to an aromatic ring is 1. The number of nitrogens with zero attached hydrogens (tertiary/aromatic N) is 2. The van der Waals surface area contributed by atoms with E-state index in [-0.39, 0.29) is 6.10 Å². The largest absolute Gasteiger partial charge is 0.489 e.